The lowest BCUT2D eigenvalue weighted by atomic mass is 10.2. The summed E-state index contributed by atoms with van der Waals surface area (Å²) in [4.78, 5) is 11.3. The van der Waals surface area contributed by atoms with E-state index in [2.05, 4.69) is 17.6 Å². The van der Waals surface area contributed by atoms with Gasteiger partial charge in [0, 0.05) is 12.6 Å². The molecule has 20 heavy (non-hydrogen) atoms. The van der Waals surface area contributed by atoms with Gasteiger partial charge in [0.1, 0.15) is 12.4 Å². The molecule has 0 heterocycles. The van der Waals surface area contributed by atoms with E-state index in [1.165, 1.54) is 6.07 Å². The standard InChI is InChI=1S/C14H20F2N2O2/c1-2-3-4-7-17-14(19)18-8-9-20-13-6-5-11(15)10-12(13)16/h5-6,10H,2-4,7-9H2,1H3,(H2,17,18,19). The van der Waals surface area contributed by atoms with Crippen molar-refractivity contribution in [3.63, 3.8) is 0 Å². The fourth-order valence-corrected chi connectivity index (χ4v) is 1.56. The van der Waals surface area contributed by atoms with E-state index in [9.17, 15) is 13.6 Å². The van der Waals surface area contributed by atoms with Crippen molar-refractivity contribution in [1.29, 1.82) is 0 Å². The van der Waals surface area contributed by atoms with Crippen LogP contribution in [0.25, 0.3) is 0 Å². The van der Waals surface area contributed by atoms with Crippen molar-refractivity contribution in [1.82, 2.24) is 10.6 Å². The molecule has 0 fully saturated rings. The van der Waals surface area contributed by atoms with Crippen molar-refractivity contribution in [2.75, 3.05) is 19.7 Å². The third kappa shape index (κ3) is 6.36. The Balaban J connectivity index is 2.13. The number of benzene rings is 1. The number of unbranched alkanes of at least 4 members (excludes halogenated alkanes) is 2. The van der Waals surface area contributed by atoms with Crippen molar-refractivity contribution in [2.45, 2.75) is 26.2 Å². The molecule has 0 saturated heterocycles. The van der Waals surface area contributed by atoms with E-state index in [0.29, 0.717) is 6.54 Å². The summed E-state index contributed by atoms with van der Waals surface area (Å²) in [6, 6.07) is 2.81. The summed E-state index contributed by atoms with van der Waals surface area (Å²) in [6.07, 6.45) is 3.12. The average Bonchev–Trinajstić information content (AvgIpc) is 2.41. The van der Waals surface area contributed by atoms with Crippen molar-refractivity contribution < 1.29 is 18.3 Å². The van der Waals surface area contributed by atoms with Crippen molar-refractivity contribution in [2.24, 2.45) is 0 Å². The summed E-state index contributed by atoms with van der Waals surface area (Å²) < 4.78 is 31.0. The molecule has 0 atom stereocenters. The first-order valence-corrected chi connectivity index (χ1v) is 6.73. The maximum absolute atomic E-state index is 13.2. The number of ether oxygens (including phenoxy) is 1. The Morgan fingerprint density at radius 3 is 2.65 bits per heavy atom. The number of carbonyl (C=O) groups excluding carboxylic acids is 1. The van der Waals surface area contributed by atoms with E-state index in [1.54, 1.807) is 0 Å². The maximum Gasteiger partial charge on any atom is 0.314 e. The minimum Gasteiger partial charge on any atom is -0.489 e. The topological polar surface area (TPSA) is 50.4 Å². The van der Waals surface area contributed by atoms with Gasteiger partial charge in [-0.25, -0.2) is 13.6 Å². The molecule has 2 amide bonds. The van der Waals surface area contributed by atoms with E-state index >= 15 is 0 Å². The van der Waals surface area contributed by atoms with Crippen LogP contribution >= 0.6 is 0 Å². The zero-order chi connectivity index (χ0) is 14.8. The Morgan fingerprint density at radius 2 is 1.95 bits per heavy atom. The number of urea groups is 1. The van der Waals surface area contributed by atoms with Gasteiger partial charge in [-0.05, 0) is 18.6 Å². The molecule has 0 radical (unpaired) electrons. The lowest BCUT2D eigenvalue weighted by Gasteiger charge is -2.09. The quantitative estimate of drug-likeness (QED) is 0.722. The van der Waals surface area contributed by atoms with E-state index in [1.807, 2.05) is 0 Å². The normalized spacial score (nSPS) is 10.2. The van der Waals surface area contributed by atoms with Gasteiger partial charge in [-0.15, -0.1) is 0 Å². The SMILES string of the molecule is CCCCCNC(=O)NCCOc1ccc(F)cc1F. The summed E-state index contributed by atoms with van der Waals surface area (Å²) in [5.41, 5.74) is 0. The molecule has 0 aliphatic heterocycles. The Hall–Kier alpha value is -1.85. The van der Waals surface area contributed by atoms with Gasteiger partial charge in [-0.2, -0.15) is 0 Å². The van der Waals surface area contributed by atoms with Crippen LogP contribution in [0.5, 0.6) is 5.75 Å². The smallest absolute Gasteiger partial charge is 0.314 e. The van der Waals surface area contributed by atoms with Gasteiger partial charge in [-0.1, -0.05) is 19.8 Å². The van der Waals surface area contributed by atoms with Crippen LogP contribution in [0.4, 0.5) is 13.6 Å². The second-order valence-electron chi connectivity index (χ2n) is 4.31. The van der Waals surface area contributed by atoms with Gasteiger partial charge in [-0.3, -0.25) is 0 Å². The summed E-state index contributed by atoms with van der Waals surface area (Å²) in [7, 11) is 0. The molecule has 1 aromatic carbocycles. The average molecular weight is 286 g/mol. The highest BCUT2D eigenvalue weighted by Gasteiger charge is 2.05. The Labute approximate surface area is 117 Å². The largest absolute Gasteiger partial charge is 0.489 e. The summed E-state index contributed by atoms with van der Waals surface area (Å²) in [5.74, 6) is -1.44. The Morgan fingerprint density at radius 1 is 1.20 bits per heavy atom. The van der Waals surface area contributed by atoms with Crippen LogP contribution in [0, 0.1) is 11.6 Å². The van der Waals surface area contributed by atoms with Gasteiger partial charge >= 0.3 is 6.03 Å². The van der Waals surface area contributed by atoms with Crippen molar-refractivity contribution in [3.05, 3.63) is 29.8 Å². The third-order valence-corrected chi connectivity index (χ3v) is 2.60. The van der Waals surface area contributed by atoms with Crippen LogP contribution in [0.2, 0.25) is 0 Å². The zero-order valence-corrected chi connectivity index (χ0v) is 11.5. The molecule has 6 heteroatoms. The van der Waals surface area contributed by atoms with E-state index in [0.717, 1.165) is 31.4 Å². The number of rotatable bonds is 8. The van der Waals surface area contributed by atoms with Gasteiger partial charge in [0.2, 0.25) is 0 Å². The second-order valence-corrected chi connectivity index (χ2v) is 4.31. The Bertz CT molecular complexity index is 428. The first kappa shape index (κ1) is 16.2. The lowest BCUT2D eigenvalue weighted by Crippen LogP contribution is -2.38. The third-order valence-electron chi connectivity index (χ3n) is 2.60. The van der Waals surface area contributed by atoms with Gasteiger partial charge < -0.3 is 15.4 Å². The zero-order valence-electron chi connectivity index (χ0n) is 11.5. The first-order valence-electron chi connectivity index (χ1n) is 6.73. The fraction of sp³-hybridized carbons (Fsp3) is 0.500. The van der Waals surface area contributed by atoms with Crippen LogP contribution in [0.15, 0.2) is 18.2 Å². The predicted molar refractivity (Wildman–Crippen MR) is 72.8 cm³/mol. The minimum absolute atomic E-state index is 0.0310. The van der Waals surface area contributed by atoms with Crippen molar-refractivity contribution >= 4 is 6.03 Å². The number of hydrogen-bond acceptors (Lipinski definition) is 2. The highest BCUT2D eigenvalue weighted by molar-refractivity contribution is 5.73. The van der Waals surface area contributed by atoms with Gasteiger partial charge in [0.05, 0.1) is 6.54 Å². The predicted octanol–water partition coefficient (Wildman–Crippen LogP) is 2.83. The van der Waals surface area contributed by atoms with E-state index < -0.39 is 11.6 Å². The molecular weight excluding hydrogens is 266 g/mol. The first-order chi connectivity index (χ1) is 9.63. The number of carbonyl (C=O) groups is 1. The number of nitrogens with one attached hydrogen (secondary N) is 2. The fourth-order valence-electron chi connectivity index (χ4n) is 1.56. The molecule has 1 rings (SSSR count). The number of amides is 2. The molecular formula is C14H20F2N2O2. The monoisotopic (exact) mass is 286 g/mol. The highest BCUT2D eigenvalue weighted by atomic mass is 19.1. The number of hydrogen-bond donors (Lipinski definition) is 2. The molecule has 0 spiro atoms. The number of halogens is 2. The molecule has 0 aliphatic rings. The Kier molecular flexibility index (Phi) is 7.39. The van der Waals surface area contributed by atoms with Crippen LogP contribution in [-0.4, -0.2) is 25.7 Å². The van der Waals surface area contributed by atoms with Crippen LogP contribution in [0.1, 0.15) is 26.2 Å². The molecule has 0 aromatic heterocycles. The van der Waals surface area contributed by atoms with E-state index in [-0.39, 0.29) is 24.9 Å². The summed E-state index contributed by atoms with van der Waals surface area (Å²) in [5, 5.41) is 5.29. The van der Waals surface area contributed by atoms with Gasteiger partial charge in [0.15, 0.2) is 11.6 Å². The molecule has 2 N–H and O–H groups in total. The molecule has 0 unspecified atom stereocenters. The highest BCUT2D eigenvalue weighted by Crippen LogP contribution is 2.17. The molecule has 0 saturated carbocycles. The van der Waals surface area contributed by atoms with E-state index in [4.69, 9.17) is 4.74 Å². The molecule has 0 aliphatic carbocycles. The van der Waals surface area contributed by atoms with Gasteiger partial charge in [0.25, 0.3) is 0 Å². The molecule has 1 aromatic rings. The van der Waals surface area contributed by atoms with Crippen molar-refractivity contribution in [3.8, 4) is 5.75 Å². The maximum atomic E-state index is 13.2. The van der Waals surface area contributed by atoms with Crippen LogP contribution < -0.4 is 15.4 Å². The summed E-state index contributed by atoms with van der Waals surface area (Å²) >= 11 is 0. The minimum atomic E-state index is -0.756. The van der Waals surface area contributed by atoms with Crippen LogP contribution in [0.3, 0.4) is 0 Å². The molecule has 112 valence electrons. The molecule has 0 bridgehead atoms. The lowest BCUT2D eigenvalue weighted by molar-refractivity contribution is 0.235. The summed E-state index contributed by atoms with van der Waals surface area (Å²) in [6.45, 7) is 3.08. The second kappa shape index (κ2) is 9.12. The van der Waals surface area contributed by atoms with Crippen LogP contribution in [-0.2, 0) is 0 Å². The molecule has 4 nitrogen and oxygen atoms in total.